The zero-order chi connectivity index (χ0) is 10.6. The van der Waals surface area contributed by atoms with Gasteiger partial charge in [-0.15, -0.1) is 0 Å². The minimum atomic E-state index is -0.301. The van der Waals surface area contributed by atoms with Gasteiger partial charge >= 0.3 is 0 Å². The van der Waals surface area contributed by atoms with E-state index in [1.165, 1.54) is 6.07 Å². The number of hydrogen-bond acceptors (Lipinski definition) is 1. The number of aliphatic hydroxyl groups is 1. The van der Waals surface area contributed by atoms with Crippen LogP contribution in [0.3, 0.4) is 0 Å². The van der Waals surface area contributed by atoms with E-state index < -0.39 is 0 Å². The Balaban J connectivity index is 2.53. The third kappa shape index (κ3) is 3.76. The van der Waals surface area contributed by atoms with E-state index >= 15 is 0 Å². The largest absolute Gasteiger partial charge is 0.393 e. The molecule has 1 aromatic carbocycles. The van der Waals surface area contributed by atoms with Crippen molar-refractivity contribution in [2.24, 2.45) is 0 Å². The van der Waals surface area contributed by atoms with Crippen molar-refractivity contribution in [3.8, 4) is 0 Å². The molecule has 78 valence electrons. The molecule has 0 aromatic heterocycles. The number of aliphatic hydroxyl groups excluding tert-OH is 1. The van der Waals surface area contributed by atoms with Gasteiger partial charge in [-0.05, 0) is 49.9 Å². The van der Waals surface area contributed by atoms with Crippen molar-refractivity contribution in [3.05, 3.63) is 34.1 Å². The second kappa shape index (κ2) is 5.47. The highest BCUT2D eigenvalue weighted by Gasteiger charge is 2.03. The lowest BCUT2D eigenvalue weighted by molar-refractivity contribution is 0.181. The molecule has 1 nitrogen and oxygen atoms in total. The fraction of sp³-hybridized carbons (Fsp3) is 0.455. The summed E-state index contributed by atoms with van der Waals surface area (Å²) in [4.78, 5) is 0. The lowest BCUT2D eigenvalue weighted by atomic mass is 10.1. The Morgan fingerprint density at radius 2 is 2.21 bits per heavy atom. The first kappa shape index (κ1) is 11.7. The Labute approximate surface area is 92.1 Å². The van der Waals surface area contributed by atoms with Gasteiger partial charge in [-0.3, -0.25) is 0 Å². The van der Waals surface area contributed by atoms with Crippen molar-refractivity contribution in [1.82, 2.24) is 0 Å². The van der Waals surface area contributed by atoms with Crippen LogP contribution in [0.4, 0.5) is 4.39 Å². The minimum absolute atomic E-state index is 0.168. The van der Waals surface area contributed by atoms with Crippen LogP contribution in [0.5, 0.6) is 0 Å². The topological polar surface area (TPSA) is 20.2 Å². The molecular weight excluding hydrogens is 247 g/mol. The zero-order valence-electron chi connectivity index (χ0n) is 8.13. The van der Waals surface area contributed by atoms with Crippen molar-refractivity contribution >= 4 is 15.9 Å². The van der Waals surface area contributed by atoms with E-state index in [-0.39, 0.29) is 11.9 Å². The van der Waals surface area contributed by atoms with E-state index in [1.54, 1.807) is 19.1 Å². The Bertz CT molecular complexity index is 299. The standard InChI is InChI=1S/C11H14BrFO/c1-8(14)3-2-4-9-7-10(12)5-6-11(9)13/h5-8,14H,2-4H2,1H3. The molecule has 14 heavy (non-hydrogen) atoms. The third-order valence-electron chi connectivity index (χ3n) is 2.08. The maximum absolute atomic E-state index is 13.2. The van der Waals surface area contributed by atoms with Crippen molar-refractivity contribution in [2.75, 3.05) is 0 Å². The molecule has 1 N–H and O–H groups in total. The number of halogens is 2. The van der Waals surface area contributed by atoms with Crippen LogP contribution < -0.4 is 0 Å². The molecule has 0 aliphatic rings. The number of rotatable bonds is 4. The van der Waals surface area contributed by atoms with E-state index in [4.69, 9.17) is 5.11 Å². The minimum Gasteiger partial charge on any atom is -0.393 e. The fourth-order valence-electron chi connectivity index (χ4n) is 1.32. The maximum atomic E-state index is 13.2. The summed E-state index contributed by atoms with van der Waals surface area (Å²) in [6.07, 6.45) is 1.90. The van der Waals surface area contributed by atoms with E-state index in [1.807, 2.05) is 0 Å². The smallest absolute Gasteiger partial charge is 0.126 e. The SMILES string of the molecule is CC(O)CCCc1cc(Br)ccc1F. The molecule has 0 amide bonds. The molecule has 0 aliphatic carbocycles. The molecule has 1 unspecified atom stereocenters. The zero-order valence-corrected chi connectivity index (χ0v) is 9.72. The predicted molar refractivity (Wildman–Crippen MR) is 58.7 cm³/mol. The molecule has 0 bridgehead atoms. The van der Waals surface area contributed by atoms with Gasteiger partial charge in [-0.2, -0.15) is 0 Å². The highest BCUT2D eigenvalue weighted by molar-refractivity contribution is 9.10. The van der Waals surface area contributed by atoms with Crippen molar-refractivity contribution in [3.63, 3.8) is 0 Å². The summed E-state index contributed by atoms with van der Waals surface area (Å²) in [5.41, 5.74) is 0.708. The summed E-state index contributed by atoms with van der Waals surface area (Å²) in [7, 11) is 0. The third-order valence-corrected chi connectivity index (χ3v) is 2.57. The molecule has 3 heteroatoms. The summed E-state index contributed by atoms with van der Waals surface area (Å²) in [5, 5.41) is 9.05. The molecule has 0 aliphatic heterocycles. The fourth-order valence-corrected chi connectivity index (χ4v) is 1.73. The van der Waals surface area contributed by atoms with Gasteiger partial charge in [0.2, 0.25) is 0 Å². The highest BCUT2D eigenvalue weighted by atomic mass is 79.9. The van der Waals surface area contributed by atoms with Gasteiger partial charge in [0.25, 0.3) is 0 Å². The van der Waals surface area contributed by atoms with Crippen LogP contribution in [0.1, 0.15) is 25.3 Å². The number of aryl methyl sites for hydroxylation is 1. The Morgan fingerprint density at radius 3 is 2.86 bits per heavy atom. The first-order valence-electron chi connectivity index (χ1n) is 4.71. The van der Waals surface area contributed by atoms with Crippen LogP contribution in [0, 0.1) is 5.82 Å². The molecule has 0 fully saturated rings. The van der Waals surface area contributed by atoms with Crippen molar-refractivity contribution in [1.29, 1.82) is 0 Å². The quantitative estimate of drug-likeness (QED) is 0.881. The summed E-state index contributed by atoms with van der Waals surface area (Å²) >= 11 is 3.30. The van der Waals surface area contributed by atoms with Crippen LogP contribution in [-0.2, 0) is 6.42 Å². The average molecular weight is 261 g/mol. The molecule has 0 heterocycles. The summed E-state index contributed by atoms with van der Waals surface area (Å²) < 4.78 is 14.1. The second-order valence-electron chi connectivity index (χ2n) is 3.48. The van der Waals surface area contributed by atoms with Gasteiger partial charge in [0.1, 0.15) is 5.82 Å². The van der Waals surface area contributed by atoms with E-state index in [2.05, 4.69) is 15.9 Å². The Morgan fingerprint density at radius 1 is 1.50 bits per heavy atom. The predicted octanol–water partition coefficient (Wildman–Crippen LogP) is 3.29. The second-order valence-corrected chi connectivity index (χ2v) is 4.39. The van der Waals surface area contributed by atoms with E-state index in [0.717, 1.165) is 10.9 Å². The average Bonchev–Trinajstić information content (AvgIpc) is 2.10. The summed E-state index contributed by atoms with van der Waals surface area (Å²) in [5.74, 6) is -0.168. The highest BCUT2D eigenvalue weighted by Crippen LogP contribution is 2.17. The molecule has 1 atom stereocenters. The molecule has 0 spiro atoms. The van der Waals surface area contributed by atoms with Crippen LogP contribution in [0.2, 0.25) is 0 Å². The molecule has 1 rings (SSSR count). The van der Waals surface area contributed by atoms with E-state index in [9.17, 15) is 4.39 Å². The van der Waals surface area contributed by atoms with Gasteiger partial charge in [-0.1, -0.05) is 15.9 Å². The van der Waals surface area contributed by atoms with Gasteiger partial charge in [0.05, 0.1) is 6.10 Å². The molecule has 0 saturated heterocycles. The van der Waals surface area contributed by atoms with Gasteiger partial charge < -0.3 is 5.11 Å². The number of benzene rings is 1. The Hall–Kier alpha value is -0.410. The van der Waals surface area contributed by atoms with E-state index in [0.29, 0.717) is 18.4 Å². The normalized spacial score (nSPS) is 12.9. The van der Waals surface area contributed by atoms with Crippen LogP contribution >= 0.6 is 15.9 Å². The first-order chi connectivity index (χ1) is 6.59. The lowest BCUT2D eigenvalue weighted by Gasteiger charge is -2.05. The molecule has 0 saturated carbocycles. The maximum Gasteiger partial charge on any atom is 0.126 e. The summed E-state index contributed by atoms with van der Waals surface area (Å²) in [6.45, 7) is 1.75. The number of hydrogen-bond donors (Lipinski definition) is 1. The monoisotopic (exact) mass is 260 g/mol. The van der Waals surface area contributed by atoms with Gasteiger partial charge in [-0.25, -0.2) is 4.39 Å². The molecule has 0 radical (unpaired) electrons. The first-order valence-corrected chi connectivity index (χ1v) is 5.51. The summed E-state index contributed by atoms with van der Waals surface area (Å²) in [6, 6.07) is 4.94. The van der Waals surface area contributed by atoms with Gasteiger partial charge in [0.15, 0.2) is 0 Å². The molecular formula is C11H14BrFO. The van der Waals surface area contributed by atoms with Crippen LogP contribution in [0.25, 0.3) is 0 Å². The van der Waals surface area contributed by atoms with Crippen LogP contribution in [-0.4, -0.2) is 11.2 Å². The van der Waals surface area contributed by atoms with Crippen molar-refractivity contribution < 1.29 is 9.50 Å². The molecule has 1 aromatic rings. The lowest BCUT2D eigenvalue weighted by Crippen LogP contribution is -2.00. The van der Waals surface area contributed by atoms with Crippen LogP contribution in [0.15, 0.2) is 22.7 Å². The van der Waals surface area contributed by atoms with Gasteiger partial charge in [0, 0.05) is 4.47 Å². The Kier molecular flexibility index (Phi) is 4.55. The van der Waals surface area contributed by atoms with Crippen molar-refractivity contribution in [2.45, 2.75) is 32.3 Å².